The van der Waals surface area contributed by atoms with Crippen LogP contribution in [0, 0.1) is 13.8 Å². The fraction of sp³-hybridized carbons (Fsp3) is 0.310. The number of carbonyl (C=O) groups excluding carboxylic acids is 1. The van der Waals surface area contributed by atoms with E-state index in [2.05, 4.69) is 44.2 Å². The average molecular weight is 535 g/mol. The van der Waals surface area contributed by atoms with Crippen molar-refractivity contribution in [3.63, 3.8) is 0 Å². The molecule has 0 radical (unpaired) electrons. The number of fused-ring (bicyclic) bond motifs is 1. The third-order valence-corrected chi connectivity index (χ3v) is 12.4. The van der Waals surface area contributed by atoms with Crippen molar-refractivity contribution < 1.29 is 18.7 Å². The maximum Gasteiger partial charge on any atom is 0.348 e. The van der Waals surface area contributed by atoms with Gasteiger partial charge in [-0.1, -0.05) is 32.9 Å². The van der Waals surface area contributed by atoms with Crippen molar-refractivity contribution >= 4 is 47.2 Å². The average Bonchev–Trinajstić information content (AvgIpc) is 3.18. The summed E-state index contributed by atoms with van der Waals surface area (Å²) < 4.78 is 17.8. The van der Waals surface area contributed by atoms with Gasteiger partial charge in [0.15, 0.2) is 5.75 Å². The number of nitrogens with one attached hydrogen (secondary N) is 1. The van der Waals surface area contributed by atoms with Gasteiger partial charge in [-0.2, -0.15) is 0 Å². The molecule has 0 aliphatic heterocycles. The van der Waals surface area contributed by atoms with Crippen molar-refractivity contribution in [1.29, 1.82) is 0 Å². The highest BCUT2D eigenvalue weighted by molar-refractivity contribution is 7.20. The predicted molar refractivity (Wildman–Crippen MR) is 154 cm³/mol. The number of benzene rings is 2. The Kier molecular flexibility index (Phi) is 7.35. The molecule has 0 spiro atoms. The third kappa shape index (κ3) is 5.50. The summed E-state index contributed by atoms with van der Waals surface area (Å²) in [6, 6.07) is 15.7. The van der Waals surface area contributed by atoms with Crippen molar-refractivity contribution in [1.82, 2.24) is 4.98 Å². The van der Waals surface area contributed by atoms with E-state index in [1.165, 1.54) is 18.4 Å². The summed E-state index contributed by atoms with van der Waals surface area (Å²) in [5.74, 6) is 1.85. The number of rotatable bonds is 7. The van der Waals surface area contributed by atoms with Crippen LogP contribution in [0.25, 0.3) is 10.2 Å². The molecule has 0 aliphatic rings. The quantitative estimate of drug-likeness (QED) is 0.189. The molecule has 2 aromatic carbocycles. The number of nitrogens with zero attached hydrogens (tertiary/aromatic N) is 1. The lowest BCUT2D eigenvalue weighted by atomic mass is 10.1. The van der Waals surface area contributed by atoms with Crippen LogP contribution in [0.4, 0.5) is 11.4 Å². The maximum atomic E-state index is 12.2. The van der Waals surface area contributed by atoms with Gasteiger partial charge in [0.1, 0.15) is 21.2 Å². The summed E-state index contributed by atoms with van der Waals surface area (Å²) in [6.07, 6.45) is 1.74. The molecule has 6 nitrogen and oxygen atoms in total. The van der Waals surface area contributed by atoms with E-state index < -0.39 is 8.32 Å². The smallest absolute Gasteiger partial charge is 0.348 e. The molecule has 0 unspecified atom stereocenters. The van der Waals surface area contributed by atoms with Crippen LogP contribution in [0.5, 0.6) is 17.2 Å². The molecule has 2 aromatic heterocycles. The molecule has 4 aromatic rings. The van der Waals surface area contributed by atoms with Gasteiger partial charge >= 0.3 is 5.97 Å². The first-order valence-corrected chi connectivity index (χ1v) is 15.9. The Morgan fingerprint density at radius 2 is 1.70 bits per heavy atom. The Hall–Kier alpha value is -3.36. The van der Waals surface area contributed by atoms with Crippen LogP contribution in [-0.2, 0) is 4.74 Å². The highest BCUT2D eigenvalue weighted by atomic mass is 32.1. The lowest BCUT2D eigenvalue weighted by molar-refractivity contribution is 0.0605. The van der Waals surface area contributed by atoms with E-state index in [1.54, 1.807) is 6.20 Å². The molecule has 8 heteroatoms. The van der Waals surface area contributed by atoms with E-state index >= 15 is 0 Å². The van der Waals surface area contributed by atoms with Gasteiger partial charge in [0, 0.05) is 17.3 Å². The van der Waals surface area contributed by atoms with E-state index in [0.717, 1.165) is 44.2 Å². The van der Waals surface area contributed by atoms with Gasteiger partial charge in [-0.05, 0) is 79.5 Å². The summed E-state index contributed by atoms with van der Waals surface area (Å²) >= 11 is 1.34. The number of hydrogen-bond donors (Lipinski definition) is 1. The van der Waals surface area contributed by atoms with Crippen LogP contribution in [0.15, 0.2) is 54.7 Å². The molecule has 0 saturated heterocycles. The molecule has 0 amide bonds. The van der Waals surface area contributed by atoms with Gasteiger partial charge in [0.05, 0.1) is 12.8 Å². The second-order valence-corrected chi connectivity index (χ2v) is 16.3. The zero-order valence-electron chi connectivity index (χ0n) is 22.7. The lowest BCUT2D eigenvalue weighted by Gasteiger charge is -2.36. The van der Waals surface area contributed by atoms with Crippen LogP contribution in [-0.4, -0.2) is 26.4 Å². The van der Waals surface area contributed by atoms with E-state index in [4.69, 9.17) is 13.9 Å². The van der Waals surface area contributed by atoms with E-state index in [-0.39, 0.29) is 11.0 Å². The number of esters is 1. The number of pyridine rings is 1. The molecule has 1 N–H and O–H groups in total. The second-order valence-electron chi connectivity index (χ2n) is 10.6. The minimum Gasteiger partial charge on any atom is -0.541 e. The Morgan fingerprint density at radius 1 is 1.00 bits per heavy atom. The molecule has 0 atom stereocenters. The molecule has 2 heterocycles. The molecular weight excluding hydrogens is 500 g/mol. The van der Waals surface area contributed by atoms with Crippen molar-refractivity contribution in [2.24, 2.45) is 0 Å². The predicted octanol–water partition coefficient (Wildman–Crippen LogP) is 8.62. The van der Waals surface area contributed by atoms with Crippen molar-refractivity contribution in [3.8, 4) is 17.2 Å². The summed E-state index contributed by atoms with van der Waals surface area (Å²) in [6.45, 7) is 15.1. The van der Waals surface area contributed by atoms with Crippen LogP contribution in [0.3, 0.4) is 0 Å². The zero-order valence-corrected chi connectivity index (χ0v) is 24.5. The van der Waals surface area contributed by atoms with E-state index in [0.29, 0.717) is 10.6 Å². The second kappa shape index (κ2) is 10.2. The van der Waals surface area contributed by atoms with E-state index in [9.17, 15) is 4.79 Å². The molecule has 0 bridgehead atoms. The number of methoxy groups -OCH3 is 1. The Morgan fingerprint density at radius 3 is 2.35 bits per heavy atom. The Labute approximate surface area is 223 Å². The van der Waals surface area contributed by atoms with Gasteiger partial charge in [-0.25, -0.2) is 9.78 Å². The standard InChI is InChI=1S/C29H34N2O4SSi/c1-18-17-20(34-23-11-9-10-12-24(23)35-37(7,8)29(3,4)5)13-14-21(18)31-22-15-16-30-27-25(22)19(2)26(36-27)28(32)33-6/h9-17H,1-8H3,(H,30,31). The first-order chi connectivity index (χ1) is 17.4. The number of carbonyl (C=O) groups is 1. The highest BCUT2D eigenvalue weighted by Crippen LogP contribution is 2.41. The number of aromatic nitrogens is 1. The van der Waals surface area contributed by atoms with Gasteiger partial charge in [-0.15, -0.1) is 11.3 Å². The molecular formula is C29H34N2O4SSi. The van der Waals surface area contributed by atoms with Gasteiger partial charge in [-0.3, -0.25) is 0 Å². The van der Waals surface area contributed by atoms with Crippen LogP contribution < -0.4 is 14.5 Å². The van der Waals surface area contributed by atoms with Crippen LogP contribution >= 0.6 is 11.3 Å². The highest BCUT2D eigenvalue weighted by Gasteiger charge is 2.39. The first-order valence-electron chi connectivity index (χ1n) is 12.2. The number of aryl methyl sites for hydroxylation is 2. The minimum atomic E-state index is -2.02. The Bertz CT molecular complexity index is 1460. The minimum absolute atomic E-state index is 0.0841. The van der Waals surface area contributed by atoms with Crippen molar-refractivity contribution in [2.45, 2.75) is 52.8 Å². The topological polar surface area (TPSA) is 69.7 Å². The fourth-order valence-electron chi connectivity index (χ4n) is 3.72. The van der Waals surface area contributed by atoms with Gasteiger partial charge < -0.3 is 19.2 Å². The van der Waals surface area contributed by atoms with Crippen LogP contribution in [0.1, 0.15) is 41.6 Å². The first kappa shape index (κ1) is 26.7. The molecule has 194 valence electrons. The normalized spacial score (nSPS) is 11.9. The van der Waals surface area contributed by atoms with Crippen molar-refractivity contribution in [3.05, 3.63) is 70.7 Å². The largest absolute Gasteiger partial charge is 0.541 e. The summed E-state index contributed by atoms with van der Waals surface area (Å²) in [5, 5.41) is 4.52. The Balaban J connectivity index is 1.59. The summed E-state index contributed by atoms with van der Waals surface area (Å²) in [7, 11) is -0.623. The fourth-order valence-corrected chi connectivity index (χ4v) is 5.84. The maximum absolute atomic E-state index is 12.2. The van der Waals surface area contributed by atoms with Crippen LogP contribution in [0.2, 0.25) is 18.1 Å². The zero-order chi connectivity index (χ0) is 27.0. The number of para-hydroxylation sites is 2. The number of anilines is 2. The number of hydrogen-bond acceptors (Lipinski definition) is 7. The van der Waals surface area contributed by atoms with Gasteiger partial charge in [0.2, 0.25) is 0 Å². The molecule has 37 heavy (non-hydrogen) atoms. The lowest BCUT2D eigenvalue weighted by Crippen LogP contribution is -2.43. The monoisotopic (exact) mass is 534 g/mol. The molecule has 0 saturated carbocycles. The van der Waals surface area contributed by atoms with Gasteiger partial charge in [0.25, 0.3) is 8.32 Å². The molecule has 0 fully saturated rings. The number of ether oxygens (including phenoxy) is 2. The summed E-state index contributed by atoms with van der Waals surface area (Å²) in [5.41, 5.74) is 3.71. The van der Waals surface area contributed by atoms with E-state index in [1.807, 2.05) is 62.4 Å². The summed E-state index contributed by atoms with van der Waals surface area (Å²) in [4.78, 5) is 18.0. The van der Waals surface area contributed by atoms with Crippen molar-refractivity contribution in [2.75, 3.05) is 12.4 Å². The number of thiophene rings is 1. The molecule has 4 rings (SSSR count). The third-order valence-electron chi connectivity index (χ3n) is 6.92. The SMILES string of the molecule is COC(=O)c1sc2nccc(Nc3ccc(Oc4ccccc4O[Si](C)(C)C(C)(C)C)cc3C)c2c1C. The molecule has 0 aliphatic carbocycles.